The van der Waals surface area contributed by atoms with Crippen LogP contribution in [-0.4, -0.2) is 181 Å². The molecule has 9 atom stereocenters. The summed E-state index contributed by atoms with van der Waals surface area (Å²) < 4.78 is 0. The minimum atomic E-state index is -1.69. The fourth-order valence-corrected chi connectivity index (χ4v) is 9.69. The first kappa shape index (κ1) is 67.0. The van der Waals surface area contributed by atoms with E-state index in [0.717, 1.165) is 10.9 Å². The Balaban J connectivity index is 1.35. The summed E-state index contributed by atoms with van der Waals surface area (Å²) in [5.41, 5.74) is 25.1. The number of primary amides is 1. The number of benzene rings is 2. The number of aliphatic carboxylic acids is 2. The number of rotatable bonds is 37. The highest BCUT2D eigenvalue weighted by molar-refractivity contribution is 5.99. The Labute approximate surface area is 489 Å². The SMILES string of the molecule is NCCCC[C@H](NC(=O)[C@H](CCC(=O)O)NC(=O)[C@H](Cc1ccccc1)NC(=O)[C@H](CCC(N)=O)NC(=O)[C@@H]1CCCN1C(=O)[C@H](Cc1cnc[nH]1)NC(=O)[C@H](CO)NC(=O)[C@H](Cc1c[nH]c2ccccc12)NC(=O)[C@@H](N)CCCCN)C(=O)O. The Morgan fingerprint density at radius 1 is 0.612 bits per heavy atom. The van der Waals surface area contributed by atoms with Gasteiger partial charge in [-0.05, 0) is 88.1 Å². The molecular formula is C56H79N15O14. The third kappa shape index (κ3) is 21.1. The van der Waals surface area contributed by atoms with Crippen molar-refractivity contribution in [3.05, 3.63) is 90.1 Å². The molecule has 3 heterocycles. The maximum atomic E-state index is 14.7. The number of aromatic amines is 2. The van der Waals surface area contributed by atoms with Crippen LogP contribution < -0.4 is 60.2 Å². The number of fused-ring (bicyclic) bond motifs is 1. The summed E-state index contributed by atoms with van der Waals surface area (Å²) >= 11 is 0. The number of amides is 9. The molecule has 2 aromatic carbocycles. The van der Waals surface area contributed by atoms with E-state index >= 15 is 0 Å². The van der Waals surface area contributed by atoms with Crippen LogP contribution in [-0.2, 0) is 72.0 Å². The molecule has 1 fully saturated rings. The van der Waals surface area contributed by atoms with Gasteiger partial charge in [-0.3, -0.25) is 47.9 Å². The lowest BCUT2D eigenvalue weighted by atomic mass is 10.0. The van der Waals surface area contributed by atoms with Gasteiger partial charge in [-0.2, -0.15) is 0 Å². The molecule has 1 aliphatic heterocycles. The molecule has 2 aromatic heterocycles. The normalized spacial score (nSPS) is 15.8. The van der Waals surface area contributed by atoms with Crippen LogP contribution >= 0.6 is 0 Å². The molecule has 1 saturated heterocycles. The molecular weight excluding hydrogens is 1110 g/mol. The third-order valence-electron chi connectivity index (χ3n) is 14.4. The number of hydrogen-bond donors (Lipinski definition) is 16. The van der Waals surface area contributed by atoms with Crippen LogP contribution in [0.1, 0.15) is 93.9 Å². The quantitative estimate of drug-likeness (QED) is 0.0201. The molecule has 9 amide bonds. The van der Waals surface area contributed by atoms with Crippen molar-refractivity contribution >= 4 is 76.0 Å². The molecule has 20 N–H and O–H groups in total. The van der Waals surface area contributed by atoms with E-state index in [0.29, 0.717) is 49.0 Å². The number of nitrogens with one attached hydrogen (secondary N) is 9. The number of aromatic nitrogens is 3. The van der Waals surface area contributed by atoms with Crippen LogP contribution in [0, 0.1) is 0 Å². The maximum absolute atomic E-state index is 14.7. The number of carboxylic acid groups (broad SMARTS) is 2. The molecule has 0 saturated carbocycles. The largest absolute Gasteiger partial charge is 0.481 e. The van der Waals surface area contributed by atoms with Crippen LogP contribution in [0.5, 0.6) is 0 Å². The average Bonchev–Trinajstić information content (AvgIpc) is 3.88. The van der Waals surface area contributed by atoms with Gasteiger partial charge < -0.3 is 90.3 Å². The number of aliphatic hydroxyl groups is 1. The van der Waals surface area contributed by atoms with Crippen LogP contribution in [0.3, 0.4) is 0 Å². The van der Waals surface area contributed by atoms with Gasteiger partial charge in [0.05, 0.1) is 19.0 Å². The Morgan fingerprint density at radius 3 is 1.81 bits per heavy atom. The minimum absolute atomic E-state index is 0.0170. The molecule has 462 valence electrons. The van der Waals surface area contributed by atoms with Gasteiger partial charge in [0.15, 0.2) is 0 Å². The van der Waals surface area contributed by atoms with E-state index in [1.807, 2.05) is 18.2 Å². The van der Waals surface area contributed by atoms with Crippen molar-refractivity contribution in [3.63, 3.8) is 0 Å². The Bertz CT molecular complexity index is 2910. The van der Waals surface area contributed by atoms with Gasteiger partial charge in [0.1, 0.15) is 48.3 Å². The predicted molar refractivity (Wildman–Crippen MR) is 306 cm³/mol. The van der Waals surface area contributed by atoms with E-state index in [4.69, 9.17) is 22.9 Å². The number of para-hydroxylation sites is 1. The molecule has 0 aliphatic carbocycles. The van der Waals surface area contributed by atoms with Crippen LogP contribution in [0.4, 0.5) is 0 Å². The van der Waals surface area contributed by atoms with Crippen molar-refractivity contribution in [1.29, 1.82) is 0 Å². The van der Waals surface area contributed by atoms with Crippen LogP contribution in [0.2, 0.25) is 0 Å². The fourth-order valence-electron chi connectivity index (χ4n) is 9.69. The van der Waals surface area contributed by atoms with Gasteiger partial charge >= 0.3 is 11.9 Å². The average molecular weight is 1190 g/mol. The maximum Gasteiger partial charge on any atom is 0.326 e. The number of H-pyrrole nitrogens is 2. The van der Waals surface area contributed by atoms with Crippen LogP contribution in [0.25, 0.3) is 10.9 Å². The van der Waals surface area contributed by atoms with E-state index < -0.39 is 152 Å². The van der Waals surface area contributed by atoms with E-state index in [1.165, 1.54) is 17.4 Å². The smallest absolute Gasteiger partial charge is 0.326 e. The molecule has 0 unspecified atom stereocenters. The van der Waals surface area contributed by atoms with Gasteiger partial charge in [-0.25, -0.2) is 9.78 Å². The second-order valence-corrected chi connectivity index (χ2v) is 20.8. The van der Waals surface area contributed by atoms with E-state index in [1.54, 1.807) is 42.6 Å². The van der Waals surface area contributed by atoms with Gasteiger partial charge in [0, 0.05) is 67.6 Å². The first-order chi connectivity index (χ1) is 40.7. The first-order valence-electron chi connectivity index (χ1n) is 28.2. The number of carbonyl (C=O) groups is 11. The number of hydrogen-bond acceptors (Lipinski definition) is 16. The molecule has 0 spiro atoms. The Morgan fingerprint density at radius 2 is 1.18 bits per heavy atom. The topological polar surface area (TPSA) is 484 Å². The van der Waals surface area contributed by atoms with E-state index in [9.17, 15) is 68.1 Å². The monoisotopic (exact) mass is 1190 g/mol. The van der Waals surface area contributed by atoms with Gasteiger partial charge in [0.2, 0.25) is 53.2 Å². The predicted octanol–water partition coefficient (Wildman–Crippen LogP) is -2.90. The highest BCUT2D eigenvalue weighted by atomic mass is 16.4. The third-order valence-corrected chi connectivity index (χ3v) is 14.4. The fraction of sp³-hybridized carbons (Fsp3) is 0.500. The number of nitrogens with two attached hydrogens (primary N) is 4. The zero-order chi connectivity index (χ0) is 62.0. The molecule has 85 heavy (non-hydrogen) atoms. The minimum Gasteiger partial charge on any atom is -0.481 e. The van der Waals surface area contributed by atoms with Gasteiger partial charge in [-0.15, -0.1) is 0 Å². The number of carboxylic acids is 2. The number of imidazole rings is 1. The summed E-state index contributed by atoms with van der Waals surface area (Å²) in [4.78, 5) is 160. The van der Waals surface area contributed by atoms with E-state index in [-0.39, 0.29) is 58.0 Å². The first-order valence-corrected chi connectivity index (χ1v) is 28.2. The summed E-state index contributed by atoms with van der Waals surface area (Å²) in [7, 11) is 0. The zero-order valence-corrected chi connectivity index (χ0v) is 47.1. The highest BCUT2D eigenvalue weighted by Crippen LogP contribution is 2.22. The molecule has 0 bridgehead atoms. The summed E-state index contributed by atoms with van der Waals surface area (Å²) in [6.07, 6.45) is 4.47. The van der Waals surface area contributed by atoms with Gasteiger partial charge in [-0.1, -0.05) is 55.0 Å². The van der Waals surface area contributed by atoms with Crippen molar-refractivity contribution in [2.24, 2.45) is 22.9 Å². The molecule has 29 nitrogen and oxygen atoms in total. The number of likely N-dealkylation sites (tertiary alicyclic amines) is 1. The second-order valence-electron chi connectivity index (χ2n) is 20.8. The zero-order valence-electron chi connectivity index (χ0n) is 47.1. The van der Waals surface area contributed by atoms with Crippen molar-refractivity contribution in [1.82, 2.24) is 57.1 Å². The number of nitrogens with zero attached hydrogens (tertiary/aromatic N) is 2. The van der Waals surface area contributed by atoms with Crippen molar-refractivity contribution in [3.8, 4) is 0 Å². The molecule has 0 radical (unpaired) electrons. The summed E-state index contributed by atoms with van der Waals surface area (Å²) in [5, 5.41) is 48.4. The van der Waals surface area contributed by atoms with Gasteiger partial charge in [0.25, 0.3) is 0 Å². The molecule has 4 aromatic rings. The molecule has 29 heteroatoms. The summed E-state index contributed by atoms with van der Waals surface area (Å²) in [5.74, 6) is -10.8. The Kier molecular flexibility index (Phi) is 26.9. The number of aliphatic hydroxyl groups excluding tert-OH is 1. The summed E-state index contributed by atoms with van der Waals surface area (Å²) in [6, 6.07) is 2.65. The van der Waals surface area contributed by atoms with Crippen molar-refractivity contribution in [2.45, 2.75) is 151 Å². The summed E-state index contributed by atoms with van der Waals surface area (Å²) in [6.45, 7) is -0.330. The lowest BCUT2D eigenvalue weighted by molar-refractivity contribution is -0.143. The Hall–Kier alpha value is -8.80. The molecule has 1 aliphatic rings. The standard InChI is InChI=1S/C56H79N15O14/c57-22-8-6-14-36(59)48(76)67-42(26-33-28-62-37-15-5-4-13-35(33)37)52(80)70-44(30-72)53(81)69-43(27-34-29-61-31-63-34)55(83)71-24-10-17-45(71)54(82)65-38(18-20-46(60)73)50(78)68-41(25-32-11-2-1-3-12-32)51(79)64-39(19-21-47(74)75)49(77)66-40(56(84)85)16-7-9-23-58/h1-5,11-13,15,28-29,31,36,38-45,62,72H,6-10,14,16-27,30,57-59H2,(H2,60,73)(H,61,63)(H,64,79)(H,65,82)(H,66,77)(H,67,76)(H,68,78)(H,69,81)(H,70,80)(H,74,75)(H,84,85)/t36-,38-,39-,40-,41-,42-,43-,44-,45-/m0/s1. The van der Waals surface area contributed by atoms with E-state index in [2.05, 4.69) is 52.2 Å². The lowest BCUT2D eigenvalue weighted by Crippen LogP contribution is -2.61. The number of carbonyl (C=O) groups excluding carboxylic acids is 9. The lowest BCUT2D eigenvalue weighted by Gasteiger charge is -2.31. The number of unbranched alkanes of at least 4 members (excludes halogenated alkanes) is 2. The van der Waals surface area contributed by atoms with Crippen LogP contribution in [0.15, 0.2) is 73.3 Å². The molecule has 5 rings (SSSR count). The van der Waals surface area contributed by atoms with Crippen molar-refractivity contribution < 1.29 is 68.1 Å². The highest BCUT2D eigenvalue weighted by Gasteiger charge is 2.41. The van der Waals surface area contributed by atoms with Crippen molar-refractivity contribution in [2.75, 3.05) is 26.2 Å². The second kappa shape index (κ2) is 34.1.